The fourth-order valence-corrected chi connectivity index (χ4v) is 2.81. The summed E-state index contributed by atoms with van der Waals surface area (Å²) in [6, 6.07) is 20.2. The van der Waals surface area contributed by atoms with E-state index in [9.17, 15) is 4.79 Å². The minimum atomic E-state index is 0.128. The molecule has 0 fully saturated rings. The normalized spacial score (nSPS) is 11.0. The molecule has 1 aromatic heterocycles. The minimum absolute atomic E-state index is 0.128. The van der Waals surface area contributed by atoms with Gasteiger partial charge in [-0.15, -0.1) is 0 Å². The van der Waals surface area contributed by atoms with Crippen molar-refractivity contribution < 1.29 is 4.79 Å². The average molecular weight is 334 g/mol. The van der Waals surface area contributed by atoms with E-state index in [1.807, 2.05) is 71.6 Å². The Bertz CT molecular complexity index is 839. The number of benzene rings is 2. The number of para-hydroxylation sites is 1. The van der Waals surface area contributed by atoms with Crippen LogP contribution in [-0.4, -0.2) is 20.6 Å². The summed E-state index contributed by atoms with van der Waals surface area (Å²) in [5, 5.41) is 4.88. The molecule has 0 bridgehead atoms. The summed E-state index contributed by atoms with van der Waals surface area (Å²) in [5.74, 6) is 0.667. The van der Waals surface area contributed by atoms with Crippen LogP contribution in [0, 0.1) is 0 Å². The Morgan fingerprint density at radius 3 is 2.42 bits per heavy atom. The smallest absolute Gasteiger partial charge is 0.186 e. The Labute approximate surface area is 146 Å². The number of hydrogen-bond acceptors (Lipinski definition) is 3. The lowest BCUT2D eigenvalue weighted by molar-refractivity contribution is -0.109. The van der Waals surface area contributed by atoms with Gasteiger partial charge >= 0.3 is 0 Å². The maximum atomic E-state index is 11.0. The molecule has 0 atom stereocenters. The van der Waals surface area contributed by atoms with E-state index in [0.29, 0.717) is 5.75 Å². The van der Waals surface area contributed by atoms with Gasteiger partial charge in [0.1, 0.15) is 0 Å². The average Bonchev–Trinajstić information content (AvgIpc) is 3.04. The van der Waals surface area contributed by atoms with E-state index in [2.05, 4.69) is 12.1 Å². The van der Waals surface area contributed by atoms with Crippen molar-refractivity contribution in [1.29, 1.82) is 0 Å². The van der Waals surface area contributed by atoms with Crippen molar-refractivity contribution in [2.45, 2.75) is 6.92 Å². The van der Waals surface area contributed by atoms with Gasteiger partial charge < -0.3 is 0 Å². The van der Waals surface area contributed by atoms with Crippen LogP contribution in [0.2, 0.25) is 0 Å². The van der Waals surface area contributed by atoms with Gasteiger partial charge in [-0.1, -0.05) is 72.4 Å². The molecule has 0 amide bonds. The van der Waals surface area contributed by atoms with Gasteiger partial charge in [-0.3, -0.25) is 4.79 Å². The number of nitrogens with zero attached hydrogens (tertiary/aromatic N) is 2. The topological polar surface area (TPSA) is 34.9 Å². The van der Waals surface area contributed by atoms with Crippen molar-refractivity contribution in [3.63, 3.8) is 0 Å². The molecule has 0 saturated heterocycles. The lowest BCUT2D eigenvalue weighted by Gasteiger charge is -2.00. The third-order valence-electron chi connectivity index (χ3n) is 3.49. The van der Waals surface area contributed by atoms with Crippen molar-refractivity contribution in [3.8, 4) is 16.9 Å². The lowest BCUT2D eigenvalue weighted by atomic mass is 10.1. The second kappa shape index (κ2) is 7.79. The van der Waals surface area contributed by atoms with Crippen LogP contribution in [0.3, 0.4) is 0 Å². The summed E-state index contributed by atoms with van der Waals surface area (Å²) in [5.41, 5.74) is 4.07. The largest absolute Gasteiger partial charge is 0.288 e. The van der Waals surface area contributed by atoms with Gasteiger partial charge in [0.25, 0.3) is 0 Å². The quantitative estimate of drug-likeness (QED) is 0.670. The second-order valence-electron chi connectivity index (χ2n) is 5.28. The van der Waals surface area contributed by atoms with Gasteiger partial charge in [-0.2, -0.15) is 5.10 Å². The third-order valence-corrected chi connectivity index (χ3v) is 4.26. The van der Waals surface area contributed by atoms with E-state index in [0.717, 1.165) is 22.5 Å². The molecule has 0 aliphatic heterocycles. The predicted molar refractivity (Wildman–Crippen MR) is 101 cm³/mol. The molecule has 2 aromatic carbocycles. The van der Waals surface area contributed by atoms with Gasteiger partial charge in [-0.25, -0.2) is 4.68 Å². The number of thioether (sulfide) groups is 1. The highest BCUT2D eigenvalue weighted by Gasteiger charge is 2.09. The molecule has 3 rings (SSSR count). The Balaban J connectivity index is 1.96. The molecular weight excluding hydrogens is 316 g/mol. The van der Waals surface area contributed by atoms with Gasteiger partial charge in [0.15, 0.2) is 5.12 Å². The standard InChI is InChI=1S/C20H18N2OS/c1-16(23)24-14-8-11-18-15-22(19-12-6-3-7-13-19)21-20(18)17-9-4-2-5-10-17/h2-13,15H,14H2,1H3. The van der Waals surface area contributed by atoms with E-state index in [1.54, 1.807) is 6.92 Å². The number of rotatable bonds is 5. The summed E-state index contributed by atoms with van der Waals surface area (Å²) >= 11 is 1.30. The fourth-order valence-electron chi connectivity index (χ4n) is 2.38. The van der Waals surface area contributed by atoms with E-state index >= 15 is 0 Å². The first kappa shape index (κ1) is 16.3. The van der Waals surface area contributed by atoms with Crippen molar-refractivity contribution in [1.82, 2.24) is 9.78 Å². The predicted octanol–water partition coefficient (Wildman–Crippen LogP) is 4.83. The molecule has 3 aromatic rings. The van der Waals surface area contributed by atoms with Crippen molar-refractivity contribution >= 4 is 23.0 Å². The molecule has 24 heavy (non-hydrogen) atoms. The Kier molecular flexibility index (Phi) is 5.29. The maximum Gasteiger partial charge on any atom is 0.186 e. The number of carbonyl (C=O) groups is 1. The van der Waals surface area contributed by atoms with Crippen LogP contribution in [-0.2, 0) is 4.79 Å². The van der Waals surface area contributed by atoms with Gasteiger partial charge in [0.05, 0.1) is 11.4 Å². The van der Waals surface area contributed by atoms with Crippen molar-refractivity contribution in [2.24, 2.45) is 0 Å². The van der Waals surface area contributed by atoms with E-state index in [-0.39, 0.29) is 5.12 Å². The monoisotopic (exact) mass is 334 g/mol. The molecule has 4 heteroatoms. The molecule has 1 heterocycles. The molecule has 0 unspecified atom stereocenters. The number of carbonyl (C=O) groups excluding carboxylic acids is 1. The Hall–Kier alpha value is -2.59. The van der Waals surface area contributed by atoms with Gasteiger partial charge in [-0.05, 0) is 12.1 Å². The van der Waals surface area contributed by atoms with E-state index in [1.165, 1.54) is 11.8 Å². The highest BCUT2D eigenvalue weighted by Crippen LogP contribution is 2.24. The summed E-state index contributed by atoms with van der Waals surface area (Å²) < 4.78 is 1.89. The zero-order valence-corrected chi connectivity index (χ0v) is 14.2. The third kappa shape index (κ3) is 4.03. The molecule has 120 valence electrons. The summed E-state index contributed by atoms with van der Waals surface area (Å²) in [7, 11) is 0. The lowest BCUT2D eigenvalue weighted by Crippen LogP contribution is -1.93. The zero-order chi connectivity index (χ0) is 16.8. The SMILES string of the molecule is CC(=O)SCC=Cc1cn(-c2ccccc2)nc1-c1ccccc1. The van der Waals surface area contributed by atoms with E-state index in [4.69, 9.17) is 5.10 Å². The Morgan fingerprint density at radius 2 is 1.75 bits per heavy atom. The van der Waals surface area contributed by atoms with Crippen LogP contribution < -0.4 is 0 Å². The molecule has 0 aliphatic carbocycles. The molecule has 0 N–H and O–H groups in total. The molecule has 0 spiro atoms. The molecule has 0 aliphatic rings. The van der Waals surface area contributed by atoms with Crippen LogP contribution in [0.5, 0.6) is 0 Å². The highest BCUT2D eigenvalue weighted by molar-refractivity contribution is 8.13. The van der Waals surface area contributed by atoms with Gasteiger partial charge in [0.2, 0.25) is 0 Å². The highest BCUT2D eigenvalue weighted by atomic mass is 32.2. The molecular formula is C20H18N2OS. The Morgan fingerprint density at radius 1 is 1.08 bits per heavy atom. The van der Waals surface area contributed by atoms with Gasteiger partial charge in [0, 0.05) is 30.0 Å². The molecule has 0 saturated carbocycles. The summed E-state index contributed by atoms with van der Waals surface area (Å²) in [6.07, 6.45) is 6.06. The summed E-state index contributed by atoms with van der Waals surface area (Å²) in [4.78, 5) is 11.0. The van der Waals surface area contributed by atoms with Crippen molar-refractivity contribution in [2.75, 3.05) is 5.75 Å². The number of hydrogen-bond donors (Lipinski definition) is 0. The molecule has 3 nitrogen and oxygen atoms in total. The van der Waals surface area contributed by atoms with Crippen LogP contribution in [0.25, 0.3) is 23.0 Å². The van der Waals surface area contributed by atoms with Crippen LogP contribution in [0.15, 0.2) is 72.9 Å². The van der Waals surface area contributed by atoms with Crippen LogP contribution in [0.1, 0.15) is 12.5 Å². The first-order valence-electron chi connectivity index (χ1n) is 7.74. The summed E-state index contributed by atoms with van der Waals surface area (Å²) in [6.45, 7) is 1.58. The first-order chi connectivity index (χ1) is 11.7. The van der Waals surface area contributed by atoms with Crippen molar-refractivity contribution in [3.05, 3.63) is 78.5 Å². The van der Waals surface area contributed by atoms with Crippen LogP contribution in [0.4, 0.5) is 0 Å². The first-order valence-corrected chi connectivity index (χ1v) is 8.73. The maximum absolute atomic E-state index is 11.0. The number of aromatic nitrogens is 2. The van der Waals surface area contributed by atoms with E-state index < -0.39 is 0 Å². The van der Waals surface area contributed by atoms with Crippen LogP contribution >= 0.6 is 11.8 Å². The second-order valence-corrected chi connectivity index (χ2v) is 6.48. The zero-order valence-electron chi connectivity index (χ0n) is 13.4. The molecule has 0 radical (unpaired) electrons. The minimum Gasteiger partial charge on any atom is -0.288 e. The fraction of sp³-hybridized carbons (Fsp3) is 0.100.